The van der Waals surface area contributed by atoms with Crippen LogP contribution in [-0.4, -0.2) is 48.5 Å². The number of nitrogens with zero attached hydrogens (tertiary/aromatic N) is 3. The summed E-state index contributed by atoms with van der Waals surface area (Å²) in [5, 5.41) is 12.2. The van der Waals surface area contributed by atoms with Crippen LogP contribution in [0, 0.1) is 5.92 Å². The minimum Gasteiger partial charge on any atom is -0.405 e. The summed E-state index contributed by atoms with van der Waals surface area (Å²) < 4.78 is 37.8. The first kappa shape index (κ1) is 18.5. The second-order valence-electron chi connectivity index (χ2n) is 6.55. The van der Waals surface area contributed by atoms with E-state index in [1.807, 2.05) is 0 Å². The second-order valence-corrected chi connectivity index (χ2v) is 9.66. The summed E-state index contributed by atoms with van der Waals surface area (Å²) in [4.78, 5) is 12.4. The Hall–Kier alpha value is -1.82. The molecule has 2 saturated heterocycles. The van der Waals surface area contributed by atoms with E-state index in [0.29, 0.717) is 42.6 Å². The third kappa shape index (κ3) is 3.91. The monoisotopic (exact) mass is 412 g/mol. The summed E-state index contributed by atoms with van der Waals surface area (Å²) >= 11 is 1.20. The predicted molar refractivity (Wildman–Crippen MR) is 96.7 cm³/mol. The lowest BCUT2D eigenvalue weighted by Crippen LogP contribution is -2.41. The van der Waals surface area contributed by atoms with E-state index in [-0.39, 0.29) is 23.9 Å². The first-order valence-corrected chi connectivity index (χ1v) is 11.2. The number of sulfonamides is 1. The molecule has 2 aliphatic rings. The van der Waals surface area contributed by atoms with Crippen molar-refractivity contribution in [3.8, 4) is 0 Å². The minimum atomic E-state index is -3.47. The zero-order valence-electron chi connectivity index (χ0n) is 14.5. The minimum absolute atomic E-state index is 0.0548. The maximum Gasteiger partial charge on any atom is 0.322 e. The Morgan fingerprint density at radius 1 is 1.26 bits per heavy atom. The molecule has 1 amide bonds. The number of carbonyl (C=O) groups excluding carboxylic acids is 1. The number of amides is 1. The van der Waals surface area contributed by atoms with Gasteiger partial charge in [-0.1, -0.05) is 11.2 Å². The zero-order chi connectivity index (χ0) is 18.9. The Balaban J connectivity index is 1.32. The molecule has 11 heteroatoms. The van der Waals surface area contributed by atoms with Gasteiger partial charge in [0.15, 0.2) is 0 Å². The fourth-order valence-electron chi connectivity index (χ4n) is 3.29. The molecule has 0 bridgehead atoms. The van der Waals surface area contributed by atoms with Gasteiger partial charge < -0.3 is 9.15 Å². The van der Waals surface area contributed by atoms with E-state index < -0.39 is 10.0 Å². The summed E-state index contributed by atoms with van der Waals surface area (Å²) in [6, 6.07) is 3.37. The van der Waals surface area contributed by atoms with Crippen LogP contribution in [0.4, 0.5) is 6.01 Å². The van der Waals surface area contributed by atoms with Crippen molar-refractivity contribution in [2.75, 3.05) is 25.0 Å². The molecule has 4 heterocycles. The van der Waals surface area contributed by atoms with Crippen LogP contribution in [0.2, 0.25) is 0 Å². The molecular formula is C16H20N4O5S2. The SMILES string of the molecule is O=C(Nc1nnc([C@@H]2CCCO2)o1)C1CCN(S(=O)(=O)c2cccs2)CC1. The van der Waals surface area contributed by atoms with Gasteiger partial charge in [0.05, 0.1) is 0 Å². The van der Waals surface area contributed by atoms with Crippen LogP contribution in [0.5, 0.6) is 0 Å². The van der Waals surface area contributed by atoms with Gasteiger partial charge in [-0.15, -0.1) is 16.4 Å². The standard InChI is InChI=1S/C16H20N4O5S2/c21-14(17-16-19-18-15(25-16)12-3-1-9-24-12)11-5-7-20(8-6-11)27(22,23)13-4-2-10-26-13/h2,4,10-12H,1,3,5-9H2,(H,17,19,21)/t12-/m0/s1. The quantitative estimate of drug-likeness (QED) is 0.799. The van der Waals surface area contributed by atoms with Gasteiger partial charge in [-0.2, -0.15) is 4.31 Å². The van der Waals surface area contributed by atoms with Gasteiger partial charge in [0, 0.05) is 25.6 Å². The molecule has 1 atom stereocenters. The van der Waals surface area contributed by atoms with E-state index >= 15 is 0 Å². The molecule has 2 aromatic heterocycles. The van der Waals surface area contributed by atoms with E-state index in [0.717, 1.165) is 12.8 Å². The molecule has 0 saturated carbocycles. The normalized spacial score (nSPS) is 22.1. The molecule has 27 heavy (non-hydrogen) atoms. The molecule has 2 aliphatic heterocycles. The number of carbonyl (C=O) groups is 1. The molecule has 2 aromatic rings. The van der Waals surface area contributed by atoms with Gasteiger partial charge in [-0.05, 0) is 37.1 Å². The van der Waals surface area contributed by atoms with Crippen LogP contribution in [-0.2, 0) is 19.6 Å². The highest BCUT2D eigenvalue weighted by Gasteiger charge is 2.33. The van der Waals surface area contributed by atoms with Gasteiger partial charge in [0.1, 0.15) is 10.3 Å². The van der Waals surface area contributed by atoms with E-state index in [1.54, 1.807) is 17.5 Å². The third-order valence-corrected chi connectivity index (χ3v) is 8.06. The first-order valence-electron chi connectivity index (χ1n) is 8.83. The summed E-state index contributed by atoms with van der Waals surface area (Å²) in [7, 11) is -3.47. The van der Waals surface area contributed by atoms with Gasteiger partial charge in [0.2, 0.25) is 11.8 Å². The molecule has 2 fully saturated rings. The molecular weight excluding hydrogens is 392 g/mol. The number of anilines is 1. The van der Waals surface area contributed by atoms with Crippen molar-refractivity contribution in [3.05, 3.63) is 23.4 Å². The third-order valence-electron chi connectivity index (χ3n) is 4.79. The average Bonchev–Trinajstić information content (AvgIpc) is 3.42. The number of thiophene rings is 1. The highest BCUT2D eigenvalue weighted by atomic mass is 32.2. The van der Waals surface area contributed by atoms with Crippen molar-refractivity contribution in [2.24, 2.45) is 5.92 Å². The molecule has 9 nitrogen and oxygen atoms in total. The highest BCUT2D eigenvalue weighted by Crippen LogP contribution is 2.29. The molecule has 0 spiro atoms. The number of hydrogen-bond acceptors (Lipinski definition) is 8. The van der Waals surface area contributed by atoms with E-state index in [9.17, 15) is 13.2 Å². The maximum absolute atomic E-state index is 12.5. The summed E-state index contributed by atoms with van der Waals surface area (Å²) in [6.45, 7) is 1.29. The Morgan fingerprint density at radius 2 is 2.07 bits per heavy atom. The molecule has 0 unspecified atom stereocenters. The lowest BCUT2D eigenvalue weighted by atomic mass is 9.97. The largest absolute Gasteiger partial charge is 0.405 e. The lowest BCUT2D eigenvalue weighted by Gasteiger charge is -2.29. The number of ether oxygens (including phenoxy) is 1. The van der Waals surface area contributed by atoms with E-state index in [1.165, 1.54) is 15.6 Å². The van der Waals surface area contributed by atoms with Crippen molar-refractivity contribution in [1.29, 1.82) is 0 Å². The zero-order valence-corrected chi connectivity index (χ0v) is 16.2. The maximum atomic E-state index is 12.5. The van der Waals surface area contributed by atoms with Gasteiger partial charge in [-0.3, -0.25) is 10.1 Å². The number of aromatic nitrogens is 2. The summed E-state index contributed by atoms with van der Waals surface area (Å²) in [5.74, 6) is -0.150. The Labute approximate surface area is 160 Å². The Kier molecular flexibility index (Phi) is 5.26. The molecule has 4 rings (SSSR count). The van der Waals surface area contributed by atoms with Crippen molar-refractivity contribution in [1.82, 2.24) is 14.5 Å². The number of nitrogens with one attached hydrogen (secondary N) is 1. The summed E-state index contributed by atoms with van der Waals surface area (Å²) in [5.41, 5.74) is 0. The van der Waals surface area contributed by atoms with Crippen LogP contribution >= 0.6 is 11.3 Å². The number of piperidine rings is 1. The Morgan fingerprint density at radius 3 is 2.74 bits per heavy atom. The summed E-state index contributed by atoms with van der Waals surface area (Å²) in [6.07, 6.45) is 2.47. The van der Waals surface area contributed by atoms with E-state index in [2.05, 4.69) is 15.5 Å². The van der Waals surface area contributed by atoms with Crippen LogP contribution in [0.25, 0.3) is 0 Å². The molecule has 0 aliphatic carbocycles. The molecule has 146 valence electrons. The predicted octanol–water partition coefficient (Wildman–Crippen LogP) is 2.02. The van der Waals surface area contributed by atoms with Crippen molar-refractivity contribution >= 4 is 33.3 Å². The van der Waals surface area contributed by atoms with Crippen molar-refractivity contribution in [3.63, 3.8) is 0 Å². The number of hydrogen-bond donors (Lipinski definition) is 1. The second kappa shape index (κ2) is 7.66. The smallest absolute Gasteiger partial charge is 0.322 e. The van der Waals surface area contributed by atoms with Crippen molar-refractivity contribution in [2.45, 2.75) is 36.0 Å². The molecule has 1 N–H and O–H groups in total. The molecule has 0 radical (unpaired) electrons. The van der Waals surface area contributed by atoms with Gasteiger partial charge in [-0.25, -0.2) is 8.42 Å². The fourth-order valence-corrected chi connectivity index (χ4v) is 5.91. The van der Waals surface area contributed by atoms with Crippen LogP contribution < -0.4 is 5.32 Å². The molecule has 0 aromatic carbocycles. The average molecular weight is 412 g/mol. The van der Waals surface area contributed by atoms with E-state index in [4.69, 9.17) is 9.15 Å². The van der Waals surface area contributed by atoms with Crippen LogP contribution in [0.3, 0.4) is 0 Å². The first-order chi connectivity index (χ1) is 13.0. The fraction of sp³-hybridized carbons (Fsp3) is 0.562. The van der Waals surface area contributed by atoms with Crippen molar-refractivity contribution < 1.29 is 22.4 Å². The Bertz CT molecular complexity index is 882. The van der Waals surface area contributed by atoms with Gasteiger partial charge >= 0.3 is 6.01 Å². The lowest BCUT2D eigenvalue weighted by molar-refractivity contribution is -0.121. The topological polar surface area (TPSA) is 115 Å². The number of rotatable bonds is 5. The van der Waals surface area contributed by atoms with Gasteiger partial charge in [0.25, 0.3) is 10.0 Å². The van der Waals surface area contributed by atoms with Crippen LogP contribution in [0.1, 0.15) is 37.7 Å². The highest BCUT2D eigenvalue weighted by molar-refractivity contribution is 7.91. The van der Waals surface area contributed by atoms with Crippen LogP contribution in [0.15, 0.2) is 26.1 Å².